The molecule has 0 bridgehead atoms. The Kier molecular flexibility index (Phi) is 11.3. The first kappa shape index (κ1) is 27.9. The Balaban J connectivity index is 3.25. The number of carbonyl (C=O) groups excluding carboxylic acids is 3. The zero-order chi connectivity index (χ0) is 25.1. The van der Waals surface area contributed by atoms with Crippen LogP contribution in [0.2, 0.25) is 0 Å². The lowest BCUT2D eigenvalue weighted by Gasteiger charge is -2.28. The monoisotopic (exact) mass is 467 g/mol. The van der Waals surface area contributed by atoms with Crippen molar-refractivity contribution in [2.75, 3.05) is 6.61 Å². The number of carbonyl (C=O) groups is 4. The van der Waals surface area contributed by atoms with E-state index >= 15 is 0 Å². The molecule has 0 aromatic heterocycles. The molecule has 0 amide bonds. The van der Waals surface area contributed by atoms with Crippen molar-refractivity contribution >= 4 is 24.1 Å². The Bertz CT molecular complexity index is 839. The zero-order valence-electron chi connectivity index (χ0n) is 19.7. The number of hydrogen-bond acceptors (Lipinski definition) is 9. The molecule has 10 heteroatoms. The molecule has 33 heavy (non-hydrogen) atoms. The molecule has 0 aliphatic heterocycles. The summed E-state index contributed by atoms with van der Waals surface area (Å²) in [5, 5.41) is 9.54. The maximum absolute atomic E-state index is 11.9. The maximum atomic E-state index is 11.9. The number of nitrogens with two attached hydrogens (primary N) is 1. The van der Waals surface area contributed by atoms with Gasteiger partial charge in [0, 0.05) is 18.8 Å². The van der Waals surface area contributed by atoms with Crippen molar-refractivity contribution in [3.8, 4) is 11.5 Å². The highest BCUT2D eigenvalue weighted by atomic mass is 16.7. The molecule has 1 aromatic rings. The minimum absolute atomic E-state index is 0.0241. The second-order valence-corrected chi connectivity index (χ2v) is 7.63. The van der Waals surface area contributed by atoms with Gasteiger partial charge >= 0.3 is 24.1 Å². The van der Waals surface area contributed by atoms with Crippen LogP contribution in [0.5, 0.6) is 11.5 Å². The quantitative estimate of drug-likeness (QED) is 0.345. The van der Waals surface area contributed by atoms with Gasteiger partial charge in [0.15, 0.2) is 11.5 Å². The van der Waals surface area contributed by atoms with E-state index in [0.29, 0.717) is 12.0 Å². The SMILES string of the molecule is CCC(=O)Oc1ccc(C(C(C)COC(=O)OC(C)CC)[C@H](N)C(=O)O)cc1OC(=O)CC. The topological polar surface area (TPSA) is 151 Å². The largest absolute Gasteiger partial charge is 0.508 e. The van der Waals surface area contributed by atoms with Crippen LogP contribution in [0.25, 0.3) is 0 Å². The first-order valence-corrected chi connectivity index (χ1v) is 10.9. The smallest absolute Gasteiger partial charge is 0.480 e. The van der Waals surface area contributed by atoms with E-state index in [0.717, 1.165) is 0 Å². The number of carboxylic acids is 1. The first-order valence-electron chi connectivity index (χ1n) is 10.9. The molecule has 0 radical (unpaired) electrons. The maximum Gasteiger partial charge on any atom is 0.508 e. The normalized spacial score (nSPS) is 14.4. The summed E-state index contributed by atoms with van der Waals surface area (Å²) in [5.74, 6) is -3.74. The minimum Gasteiger partial charge on any atom is -0.480 e. The van der Waals surface area contributed by atoms with E-state index in [9.17, 15) is 24.3 Å². The van der Waals surface area contributed by atoms with Gasteiger partial charge in [0.25, 0.3) is 0 Å². The lowest BCUT2D eigenvalue weighted by atomic mass is 9.82. The van der Waals surface area contributed by atoms with E-state index in [2.05, 4.69) is 0 Å². The average molecular weight is 468 g/mol. The van der Waals surface area contributed by atoms with Gasteiger partial charge in [-0.2, -0.15) is 0 Å². The molecule has 10 nitrogen and oxygen atoms in total. The fraction of sp³-hybridized carbons (Fsp3) is 0.565. The molecule has 0 aliphatic carbocycles. The molecular formula is C23H33NO9. The van der Waals surface area contributed by atoms with Gasteiger partial charge in [-0.1, -0.05) is 33.8 Å². The van der Waals surface area contributed by atoms with Crippen molar-refractivity contribution in [2.24, 2.45) is 11.7 Å². The molecule has 0 fully saturated rings. The molecule has 0 aliphatic rings. The molecule has 1 aromatic carbocycles. The minimum atomic E-state index is -1.35. The number of rotatable bonds is 12. The van der Waals surface area contributed by atoms with Crippen molar-refractivity contribution in [1.82, 2.24) is 0 Å². The predicted molar refractivity (Wildman–Crippen MR) is 118 cm³/mol. The number of ether oxygens (including phenoxy) is 4. The molecule has 3 unspecified atom stereocenters. The zero-order valence-corrected chi connectivity index (χ0v) is 19.7. The van der Waals surface area contributed by atoms with E-state index in [4.69, 9.17) is 24.7 Å². The molecule has 3 N–H and O–H groups in total. The van der Waals surface area contributed by atoms with Crippen LogP contribution in [0.4, 0.5) is 4.79 Å². The molecule has 0 saturated heterocycles. The van der Waals surface area contributed by atoms with Crippen LogP contribution >= 0.6 is 0 Å². The molecular weight excluding hydrogens is 434 g/mol. The van der Waals surface area contributed by atoms with Crippen LogP contribution in [0.3, 0.4) is 0 Å². The Labute approximate surface area is 193 Å². The van der Waals surface area contributed by atoms with Crippen LogP contribution in [0.15, 0.2) is 18.2 Å². The van der Waals surface area contributed by atoms with E-state index < -0.39 is 41.9 Å². The molecule has 1 rings (SSSR count). The Morgan fingerprint density at radius 3 is 2.06 bits per heavy atom. The summed E-state index contributed by atoms with van der Waals surface area (Å²) in [6.45, 7) is 8.31. The molecule has 4 atom stereocenters. The van der Waals surface area contributed by atoms with Gasteiger partial charge in [-0.25, -0.2) is 4.79 Å². The van der Waals surface area contributed by atoms with E-state index in [1.165, 1.54) is 18.2 Å². The molecule has 184 valence electrons. The average Bonchev–Trinajstić information content (AvgIpc) is 2.78. The van der Waals surface area contributed by atoms with Crippen molar-refractivity contribution in [2.45, 2.75) is 71.9 Å². The molecule has 0 heterocycles. The lowest BCUT2D eigenvalue weighted by Crippen LogP contribution is -2.40. The Morgan fingerprint density at radius 2 is 1.55 bits per heavy atom. The van der Waals surface area contributed by atoms with Crippen molar-refractivity contribution in [1.29, 1.82) is 0 Å². The predicted octanol–water partition coefficient (Wildman–Crippen LogP) is 3.40. The van der Waals surface area contributed by atoms with Crippen LogP contribution in [0.1, 0.15) is 65.4 Å². The van der Waals surface area contributed by atoms with Gasteiger partial charge in [-0.3, -0.25) is 14.4 Å². The third kappa shape index (κ3) is 8.72. The third-order valence-corrected chi connectivity index (χ3v) is 5.00. The second kappa shape index (κ2) is 13.4. The highest BCUT2D eigenvalue weighted by Gasteiger charge is 2.33. The van der Waals surface area contributed by atoms with Gasteiger partial charge in [-0.15, -0.1) is 0 Å². The fourth-order valence-corrected chi connectivity index (χ4v) is 2.91. The number of benzene rings is 1. The fourth-order valence-electron chi connectivity index (χ4n) is 2.91. The summed E-state index contributed by atoms with van der Waals surface area (Å²) in [6.07, 6.45) is -0.384. The van der Waals surface area contributed by atoms with Crippen molar-refractivity contribution in [3.63, 3.8) is 0 Å². The standard InChI is InChI=1S/C23H33NO9/c1-6-14(5)31-23(29)30-12-13(4)20(21(24)22(27)28)15-9-10-16(32-18(25)7-2)17(11-15)33-19(26)8-3/h9-11,13-14,20-21H,6-8,12,24H2,1-5H3,(H,27,28)/t13?,14?,20?,21-/m0/s1. The van der Waals surface area contributed by atoms with Gasteiger partial charge < -0.3 is 29.8 Å². The summed E-state index contributed by atoms with van der Waals surface area (Å²) >= 11 is 0. The van der Waals surface area contributed by atoms with E-state index in [-0.39, 0.29) is 37.1 Å². The number of aliphatic carboxylic acids is 1. The summed E-state index contributed by atoms with van der Waals surface area (Å²) in [7, 11) is 0. The van der Waals surface area contributed by atoms with E-state index in [1.807, 2.05) is 6.92 Å². The second-order valence-electron chi connectivity index (χ2n) is 7.63. The Morgan fingerprint density at radius 1 is 0.970 bits per heavy atom. The highest BCUT2D eigenvalue weighted by molar-refractivity contribution is 5.77. The summed E-state index contributed by atoms with van der Waals surface area (Å²) < 4.78 is 20.7. The van der Waals surface area contributed by atoms with Gasteiger partial charge in [0.2, 0.25) is 0 Å². The van der Waals surface area contributed by atoms with Gasteiger partial charge in [0.05, 0.1) is 6.61 Å². The molecule has 0 saturated carbocycles. The summed E-state index contributed by atoms with van der Waals surface area (Å²) in [5.41, 5.74) is 6.36. The lowest BCUT2D eigenvalue weighted by molar-refractivity contribution is -0.139. The molecule has 0 spiro atoms. The summed E-state index contributed by atoms with van der Waals surface area (Å²) in [6, 6.07) is 3.00. The van der Waals surface area contributed by atoms with Crippen molar-refractivity contribution < 1.29 is 43.2 Å². The number of esters is 2. The van der Waals surface area contributed by atoms with Crippen LogP contribution in [-0.4, -0.2) is 47.9 Å². The third-order valence-electron chi connectivity index (χ3n) is 5.00. The Hall–Kier alpha value is -3.14. The van der Waals surface area contributed by atoms with Crippen LogP contribution in [-0.2, 0) is 23.9 Å². The van der Waals surface area contributed by atoms with Gasteiger partial charge in [0.1, 0.15) is 12.1 Å². The van der Waals surface area contributed by atoms with Crippen molar-refractivity contribution in [3.05, 3.63) is 23.8 Å². The van der Waals surface area contributed by atoms with Crippen LogP contribution in [0, 0.1) is 5.92 Å². The highest BCUT2D eigenvalue weighted by Crippen LogP contribution is 2.36. The number of hydrogen-bond donors (Lipinski definition) is 2. The van der Waals surface area contributed by atoms with E-state index in [1.54, 1.807) is 27.7 Å². The van der Waals surface area contributed by atoms with Gasteiger partial charge in [-0.05, 0) is 37.0 Å². The van der Waals surface area contributed by atoms with Crippen LogP contribution < -0.4 is 15.2 Å². The number of carboxylic acid groups (broad SMARTS) is 1. The summed E-state index contributed by atoms with van der Waals surface area (Å²) in [4.78, 5) is 47.2. The first-order chi connectivity index (χ1) is 15.5.